The highest BCUT2D eigenvalue weighted by Gasteiger charge is 2.38. The molecule has 0 radical (unpaired) electrons. The summed E-state index contributed by atoms with van der Waals surface area (Å²) < 4.78 is 34.4. The summed E-state index contributed by atoms with van der Waals surface area (Å²) in [5.41, 5.74) is 1.90. The minimum absolute atomic E-state index is 0.127. The predicted octanol–water partition coefficient (Wildman–Crippen LogP) is 2.48. The lowest BCUT2D eigenvalue weighted by molar-refractivity contribution is 0.199. The van der Waals surface area contributed by atoms with Gasteiger partial charge in [0, 0.05) is 13.1 Å². The van der Waals surface area contributed by atoms with E-state index in [1.807, 2.05) is 54.6 Å². The summed E-state index contributed by atoms with van der Waals surface area (Å²) in [7, 11) is -1.89. The molecule has 3 rings (SSSR count). The van der Waals surface area contributed by atoms with Crippen molar-refractivity contribution in [3.63, 3.8) is 0 Å². The summed E-state index contributed by atoms with van der Waals surface area (Å²) in [6.45, 7) is 0.830. The van der Waals surface area contributed by atoms with Crippen LogP contribution in [0.4, 0.5) is 0 Å². The average molecular weight is 332 g/mol. The Bertz CT molecular complexity index is 762. The van der Waals surface area contributed by atoms with Gasteiger partial charge in [0.2, 0.25) is 0 Å². The number of nitrogens with zero attached hydrogens (tertiary/aromatic N) is 1. The Balaban J connectivity index is 1.70. The molecule has 0 aromatic heterocycles. The van der Waals surface area contributed by atoms with Gasteiger partial charge in [-0.15, -0.1) is 0 Å². The van der Waals surface area contributed by atoms with Crippen molar-refractivity contribution in [2.75, 3.05) is 13.7 Å². The third kappa shape index (κ3) is 3.55. The van der Waals surface area contributed by atoms with Crippen LogP contribution in [0, 0.1) is 0 Å². The van der Waals surface area contributed by atoms with E-state index < -0.39 is 10.2 Å². The molecule has 1 fully saturated rings. The molecule has 1 saturated heterocycles. The first-order valence-corrected chi connectivity index (χ1v) is 8.98. The van der Waals surface area contributed by atoms with Crippen molar-refractivity contribution < 1.29 is 13.2 Å². The second-order valence-corrected chi connectivity index (χ2v) is 7.21. The number of rotatable bonds is 6. The van der Waals surface area contributed by atoms with Gasteiger partial charge < -0.3 is 4.74 Å². The molecule has 0 bridgehead atoms. The molecule has 23 heavy (non-hydrogen) atoms. The van der Waals surface area contributed by atoms with Crippen LogP contribution in [-0.4, -0.2) is 26.4 Å². The maximum Gasteiger partial charge on any atom is 0.280 e. The first-order valence-electron chi connectivity index (χ1n) is 7.54. The Hall–Kier alpha value is -1.89. The highest BCUT2D eigenvalue weighted by Crippen LogP contribution is 2.36. The largest absolute Gasteiger partial charge is 0.497 e. The predicted molar refractivity (Wildman–Crippen MR) is 89.3 cm³/mol. The second kappa shape index (κ2) is 6.70. The van der Waals surface area contributed by atoms with E-state index in [-0.39, 0.29) is 6.04 Å². The zero-order valence-electron chi connectivity index (χ0n) is 13.0. The monoisotopic (exact) mass is 332 g/mol. The maximum absolute atomic E-state index is 12.5. The molecule has 5 nitrogen and oxygen atoms in total. The van der Waals surface area contributed by atoms with Gasteiger partial charge in [0.05, 0.1) is 13.2 Å². The molecular weight excluding hydrogens is 312 g/mol. The van der Waals surface area contributed by atoms with Crippen molar-refractivity contribution in [3.8, 4) is 5.75 Å². The Labute approximate surface area is 137 Å². The fraction of sp³-hybridized carbons (Fsp3) is 0.294. The summed E-state index contributed by atoms with van der Waals surface area (Å²) in [4.78, 5) is 0. The number of hydrogen-bond acceptors (Lipinski definition) is 3. The van der Waals surface area contributed by atoms with Crippen molar-refractivity contribution in [2.45, 2.75) is 19.0 Å². The topological polar surface area (TPSA) is 58.6 Å². The van der Waals surface area contributed by atoms with Gasteiger partial charge in [-0.25, -0.2) is 0 Å². The number of benzene rings is 2. The van der Waals surface area contributed by atoms with Crippen LogP contribution in [0.3, 0.4) is 0 Å². The fourth-order valence-electron chi connectivity index (χ4n) is 2.69. The molecule has 1 atom stereocenters. The van der Waals surface area contributed by atoms with Crippen LogP contribution < -0.4 is 9.46 Å². The Morgan fingerprint density at radius 3 is 2.61 bits per heavy atom. The van der Waals surface area contributed by atoms with Gasteiger partial charge in [-0.05, 0) is 29.7 Å². The van der Waals surface area contributed by atoms with Gasteiger partial charge in [-0.3, -0.25) is 0 Å². The average Bonchev–Trinajstić information content (AvgIpc) is 2.53. The maximum atomic E-state index is 12.5. The summed E-state index contributed by atoms with van der Waals surface area (Å²) in [6.07, 6.45) is 0.819. The van der Waals surface area contributed by atoms with Crippen LogP contribution in [0.1, 0.15) is 23.6 Å². The van der Waals surface area contributed by atoms with Crippen molar-refractivity contribution in [3.05, 3.63) is 65.7 Å². The SMILES string of the molecule is COc1cccc(C2CCN2S(=O)(=O)NCc2ccccc2)c1. The first-order chi connectivity index (χ1) is 11.1. The van der Waals surface area contributed by atoms with Gasteiger partial charge in [-0.2, -0.15) is 17.4 Å². The third-order valence-electron chi connectivity index (χ3n) is 4.06. The molecule has 122 valence electrons. The molecule has 1 aliphatic heterocycles. The molecule has 0 spiro atoms. The van der Waals surface area contributed by atoms with E-state index in [1.54, 1.807) is 7.11 Å². The Morgan fingerprint density at radius 2 is 1.96 bits per heavy atom. The van der Waals surface area contributed by atoms with Crippen molar-refractivity contribution >= 4 is 10.2 Å². The summed E-state index contributed by atoms with van der Waals surface area (Å²) in [6, 6.07) is 16.9. The van der Waals surface area contributed by atoms with Crippen LogP contribution in [0.5, 0.6) is 5.75 Å². The molecule has 6 heteroatoms. The van der Waals surface area contributed by atoms with Crippen LogP contribution >= 0.6 is 0 Å². The smallest absolute Gasteiger partial charge is 0.280 e. The quantitative estimate of drug-likeness (QED) is 0.884. The van der Waals surface area contributed by atoms with Gasteiger partial charge >= 0.3 is 0 Å². The summed E-state index contributed by atoms with van der Waals surface area (Å²) in [5.74, 6) is 0.740. The highest BCUT2D eigenvalue weighted by atomic mass is 32.2. The van der Waals surface area contributed by atoms with E-state index >= 15 is 0 Å². The molecule has 2 aromatic carbocycles. The van der Waals surface area contributed by atoms with E-state index in [2.05, 4.69) is 4.72 Å². The number of ether oxygens (including phenoxy) is 1. The van der Waals surface area contributed by atoms with Crippen LogP contribution in [0.2, 0.25) is 0 Å². The molecule has 0 aliphatic carbocycles. The summed E-state index contributed by atoms with van der Waals surface area (Å²) >= 11 is 0. The third-order valence-corrected chi connectivity index (χ3v) is 5.62. The van der Waals surface area contributed by atoms with Crippen LogP contribution in [0.25, 0.3) is 0 Å². The molecule has 1 N–H and O–H groups in total. The lowest BCUT2D eigenvalue weighted by Gasteiger charge is -2.39. The van der Waals surface area contributed by atoms with Crippen LogP contribution in [0.15, 0.2) is 54.6 Å². The molecule has 1 heterocycles. The van der Waals surface area contributed by atoms with Gasteiger partial charge in [-0.1, -0.05) is 42.5 Å². The Kier molecular flexibility index (Phi) is 4.66. The van der Waals surface area contributed by atoms with E-state index in [9.17, 15) is 8.42 Å². The lowest BCUT2D eigenvalue weighted by Crippen LogP contribution is -2.50. The number of hydrogen-bond donors (Lipinski definition) is 1. The van der Waals surface area contributed by atoms with E-state index in [0.717, 1.165) is 23.3 Å². The highest BCUT2D eigenvalue weighted by molar-refractivity contribution is 7.87. The van der Waals surface area contributed by atoms with Crippen molar-refractivity contribution in [1.29, 1.82) is 0 Å². The van der Waals surface area contributed by atoms with E-state index in [0.29, 0.717) is 13.1 Å². The first kappa shape index (κ1) is 16.0. The van der Waals surface area contributed by atoms with E-state index in [1.165, 1.54) is 4.31 Å². The van der Waals surface area contributed by atoms with Gasteiger partial charge in [0.15, 0.2) is 0 Å². The zero-order chi connectivity index (χ0) is 16.3. The fourth-order valence-corrected chi connectivity index (χ4v) is 4.11. The van der Waals surface area contributed by atoms with Crippen LogP contribution in [-0.2, 0) is 16.8 Å². The molecule has 1 unspecified atom stereocenters. The number of nitrogens with one attached hydrogen (secondary N) is 1. The Morgan fingerprint density at radius 1 is 1.17 bits per heavy atom. The molecule has 0 saturated carbocycles. The van der Waals surface area contributed by atoms with E-state index in [4.69, 9.17) is 4.74 Å². The molecule has 1 aliphatic rings. The molecule has 0 amide bonds. The zero-order valence-corrected chi connectivity index (χ0v) is 13.8. The normalized spacial score (nSPS) is 18.4. The molecular formula is C17H20N2O3S. The minimum Gasteiger partial charge on any atom is -0.497 e. The lowest BCUT2D eigenvalue weighted by atomic mass is 9.98. The molecule has 2 aromatic rings. The number of methoxy groups -OCH3 is 1. The minimum atomic E-state index is -3.50. The van der Waals surface area contributed by atoms with Gasteiger partial charge in [0.1, 0.15) is 5.75 Å². The van der Waals surface area contributed by atoms with Gasteiger partial charge in [0.25, 0.3) is 10.2 Å². The second-order valence-electron chi connectivity index (χ2n) is 5.50. The van der Waals surface area contributed by atoms with Crippen molar-refractivity contribution in [2.24, 2.45) is 0 Å². The van der Waals surface area contributed by atoms with Crippen molar-refractivity contribution in [1.82, 2.24) is 9.03 Å². The standard InChI is InChI=1S/C17H20N2O3S/c1-22-16-9-5-8-15(12-16)17-10-11-19(17)23(20,21)18-13-14-6-3-2-4-7-14/h2-9,12,17-18H,10-11,13H2,1H3. The summed E-state index contributed by atoms with van der Waals surface area (Å²) in [5, 5.41) is 0.